The second kappa shape index (κ2) is 10.7. The molecule has 1 rings (SSSR count). The molecule has 4 atom stereocenters. The largest absolute Gasteiger partial charge is 0.440 e. The molecule has 6 N–H and O–H groups in total. The first kappa shape index (κ1) is 19.1. The molecule has 15 heteroatoms. The van der Waals surface area contributed by atoms with Gasteiger partial charge < -0.3 is 34.8 Å². The lowest BCUT2D eigenvalue weighted by Gasteiger charge is -2.18. The molecular weight excluding hydrogens is 332 g/mol. The summed E-state index contributed by atoms with van der Waals surface area (Å²) >= 11 is 0. The average Bonchev–Trinajstić information content (AvgIpc) is 2.88. The molecule has 0 aliphatic carbocycles. The molecule has 0 spiro atoms. The van der Waals surface area contributed by atoms with Crippen LogP contribution in [0.4, 0.5) is 9.59 Å². The van der Waals surface area contributed by atoms with Gasteiger partial charge in [0.25, 0.3) is 0 Å². The Kier molecular flexibility index (Phi) is 9.30. The SMILES string of the molecule is BNPOC(=O)/N=C(/NC(=O)OPNB)N[C@@H]1CNC[C@H]1O. The summed E-state index contributed by atoms with van der Waals surface area (Å²) < 4.78 is 9.53. The number of nitrogens with zero attached hydrogens (tertiary/aromatic N) is 1. The van der Waals surface area contributed by atoms with E-state index >= 15 is 0 Å². The maximum Gasteiger partial charge on any atom is 0.440 e. The second-order valence-corrected chi connectivity index (χ2v) is 5.84. The van der Waals surface area contributed by atoms with E-state index in [9.17, 15) is 14.7 Å². The number of amides is 2. The summed E-state index contributed by atoms with van der Waals surface area (Å²) in [5.41, 5.74) is 0. The van der Waals surface area contributed by atoms with Crippen LogP contribution in [0, 0.1) is 0 Å². The highest BCUT2D eigenvalue weighted by Crippen LogP contribution is 2.06. The van der Waals surface area contributed by atoms with Gasteiger partial charge in [-0.05, 0) is 0 Å². The van der Waals surface area contributed by atoms with Crippen LogP contribution in [0.15, 0.2) is 4.99 Å². The van der Waals surface area contributed by atoms with Gasteiger partial charge in [-0.15, -0.1) is 4.99 Å². The molecule has 0 radical (unpaired) electrons. The van der Waals surface area contributed by atoms with Crippen molar-refractivity contribution in [2.45, 2.75) is 12.1 Å². The Morgan fingerprint density at radius 1 is 1.23 bits per heavy atom. The molecule has 11 nitrogen and oxygen atoms in total. The van der Waals surface area contributed by atoms with Crippen LogP contribution in [-0.2, 0) is 9.05 Å². The van der Waals surface area contributed by atoms with E-state index in [-0.39, 0.29) is 23.9 Å². The molecule has 0 aromatic rings. The van der Waals surface area contributed by atoms with Crippen molar-refractivity contribution in [3.8, 4) is 0 Å². The van der Waals surface area contributed by atoms with Crippen molar-refractivity contribution >= 4 is 52.0 Å². The Balaban J connectivity index is 2.64. The summed E-state index contributed by atoms with van der Waals surface area (Å²) in [6, 6.07) is -0.398. The number of aliphatic imine (C=N–C) groups is 1. The maximum atomic E-state index is 11.5. The normalized spacial score (nSPS) is 22.3. The summed E-state index contributed by atoms with van der Waals surface area (Å²) in [5.74, 6) is -0.149. The Hall–Kier alpha value is -0.960. The number of hydrogen-bond acceptors (Lipinski definition) is 8. The predicted octanol–water partition coefficient (Wildman–Crippen LogP) is -3.58. The number of β-amino-alcohol motifs (C(OH)–C–C–N with tert-alkyl or cyclic N) is 1. The van der Waals surface area contributed by atoms with Crippen LogP contribution >= 0.6 is 17.9 Å². The average molecular weight is 350 g/mol. The number of aliphatic hydroxyl groups excluding tert-OH is 1. The monoisotopic (exact) mass is 350 g/mol. The number of guanidine groups is 1. The van der Waals surface area contributed by atoms with Crippen LogP contribution in [0.5, 0.6) is 0 Å². The quantitative estimate of drug-likeness (QED) is 0.128. The van der Waals surface area contributed by atoms with Gasteiger partial charge in [-0.25, -0.2) is 9.59 Å². The van der Waals surface area contributed by atoms with Crippen LogP contribution in [0.25, 0.3) is 0 Å². The van der Waals surface area contributed by atoms with E-state index in [0.717, 1.165) is 0 Å². The number of hydrogen-bond donors (Lipinski definition) is 6. The van der Waals surface area contributed by atoms with Crippen molar-refractivity contribution in [2.24, 2.45) is 4.99 Å². The van der Waals surface area contributed by atoms with Crippen LogP contribution in [-0.4, -0.2) is 64.5 Å². The van der Waals surface area contributed by atoms with Crippen molar-refractivity contribution in [2.75, 3.05) is 13.1 Å². The number of carbonyl (C=O) groups excluding carboxylic acids is 2. The summed E-state index contributed by atoms with van der Waals surface area (Å²) in [7, 11) is 2.74. The molecule has 2 unspecified atom stereocenters. The molecular formula is C7H18B2N6O5P2. The number of carbonyl (C=O) groups is 2. The van der Waals surface area contributed by atoms with Gasteiger partial charge in [0.05, 0.1) is 12.1 Å². The van der Waals surface area contributed by atoms with Crippen molar-refractivity contribution in [1.82, 2.24) is 25.9 Å². The third kappa shape index (κ3) is 7.35. The van der Waals surface area contributed by atoms with Gasteiger partial charge >= 0.3 is 12.2 Å². The Bertz CT molecular complexity index is 419. The van der Waals surface area contributed by atoms with Crippen molar-refractivity contribution < 1.29 is 23.7 Å². The fraction of sp³-hybridized carbons (Fsp3) is 0.571. The van der Waals surface area contributed by atoms with Crippen LogP contribution < -0.4 is 25.9 Å². The molecule has 2 amide bonds. The molecule has 1 aliphatic heterocycles. The van der Waals surface area contributed by atoms with E-state index in [4.69, 9.17) is 9.05 Å². The van der Waals surface area contributed by atoms with Gasteiger partial charge in [-0.2, -0.15) is 0 Å². The first-order chi connectivity index (χ1) is 10.6. The first-order valence-corrected chi connectivity index (χ1v) is 8.14. The minimum atomic E-state index is -0.882. The summed E-state index contributed by atoms with van der Waals surface area (Å²) in [6.45, 7) is 0.866. The lowest BCUT2D eigenvalue weighted by Crippen LogP contribution is -2.50. The number of nitrogens with one attached hydrogen (secondary N) is 5. The van der Waals surface area contributed by atoms with Crippen LogP contribution in [0.3, 0.4) is 0 Å². The molecule has 0 saturated carbocycles. The second-order valence-electron chi connectivity index (χ2n) is 4.02. The maximum absolute atomic E-state index is 11.5. The molecule has 1 aliphatic rings. The van der Waals surface area contributed by atoms with E-state index in [1.54, 1.807) is 16.0 Å². The van der Waals surface area contributed by atoms with E-state index in [1.165, 1.54) is 0 Å². The molecule has 1 fully saturated rings. The standard InChI is InChI=1S/C7H18B2N6O5P2/c8-14-21-19-6(17)12-5(13-7(18)20-22-15-9)11-3-1-10-2-4(3)16/h3-4,10,14-16,21-22H,1-2,8-9H2,(H2,11,12,13,17,18)/t3-,4-/m1/s1. The molecule has 22 heavy (non-hydrogen) atoms. The van der Waals surface area contributed by atoms with E-state index in [0.29, 0.717) is 13.1 Å². The Morgan fingerprint density at radius 2 is 1.91 bits per heavy atom. The highest BCUT2D eigenvalue weighted by Gasteiger charge is 2.26. The fourth-order valence-corrected chi connectivity index (χ4v) is 1.99. The summed E-state index contributed by atoms with van der Waals surface area (Å²) in [5, 5.41) is 17.8. The van der Waals surface area contributed by atoms with Crippen molar-refractivity contribution in [1.29, 1.82) is 0 Å². The van der Waals surface area contributed by atoms with Gasteiger partial charge in [0.2, 0.25) is 5.96 Å². The molecule has 0 aromatic heterocycles. The fourth-order valence-electron chi connectivity index (χ4n) is 1.51. The van der Waals surface area contributed by atoms with Gasteiger partial charge in [0.15, 0.2) is 16.0 Å². The van der Waals surface area contributed by atoms with Crippen LogP contribution in [0.1, 0.15) is 0 Å². The molecule has 1 saturated heterocycles. The third-order valence-electron chi connectivity index (χ3n) is 2.41. The molecule has 122 valence electrons. The minimum Gasteiger partial charge on any atom is -0.416 e. The van der Waals surface area contributed by atoms with Crippen molar-refractivity contribution in [3.63, 3.8) is 0 Å². The molecule has 0 aromatic carbocycles. The highest BCUT2D eigenvalue weighted by atomic mass is 31.1. The predicted molar refractivity (Wildman–Crippen MR) is 89.3 cm³/mol. The van der Waals surface area contributed by atoms with E-state index in [1.807, 2.05) is 0 Å². The van der Waals surface area contributed by atoms with Gasteiger partial charge in [0.1, 0.15) is 17.9 Å². The Labute approximate surface area is 132 Å². The summed E-state index contributed by atoms with van der Waals surface area (Å²) in [6.07, 6.45) is -2.34. The number of rotatable bonds is 5. The lowest BCUT2D eigenvalue weighted by atomic mass is 10.2. The Morgan fingerprint density at radius 3 is 2.50 bits per heavy atom. The third-order valence-corrected chi connectivity index (χ3v) is 3.39. The smallest absolute Gasteiger partial charge is 0.416 e. The zero-order valence-corrected chi connectivity index (χ0v) is 14.1. The van der Waals surface area contributed by atoms with Crippen molar-refractivity contribution in [3.05, 3.63) is 0 Å². The summed E-state index contributed by atoms with van der Waals surface area (Å²) in [4.78, 5) is 31.9. The first-order valence-electron chi connectivity index (χ1n) is 6.33. The molecule has 1 heterocycles. The van der Waals surface area contributed by atoms with E-state index in [2.05, 4.69) is 30.9 Å². The zero-order valence-electron chi connectivity index (χ0n) is 12.1. The topological polar surface area (TPSA) is 145 Å². The molecule has 0 bridgehead atoms. The van der Waals surface area contributed by atoms with Gasteiger partial charge in [-0.3, -0.25) is 5.32 Å². The minimum absolute atomic E-state index is 0.149. The van der Waals surface area contributed by atoms with Gasteiger partial charge in [0, 0.05) is 13.1 Å². The van der Waals surface area contributed by atoms with E-state index < -0.39 is 24.3 Å². The number of aliphatic hydroxyl groups is 1. The highest BCUT2D eigenvalue weighted by molar-refractivity contribution is 7.32. The van der Waals surface area contributed by atoms with Crippen LogP contribution in [0.2, 0.25) is 0 Å². The lowest BCUT2D eigenvalue weighted by molar-refractivity contribution is 0.170. The zero-order chi connectivity index (χ0) is 16.4. The van der Waals surface area contributed by atoms with Gasteiger partial charge in [-0.1, -0.05) is 0 Å².